The van der Waals surface area contributed by atoms with Gasteiger partial charge in [-0.1, -0.05) is 43.4 Å². The molecular weight excluding hydrogens is 524 g/mol. The van der Waals surface area contributed by atoms with Crippen molar-refractivity contribution < 1.29 is 38.7 Å². The van der Waals surface area contributed by atoms with E-state index < -0.39 is 30.7 Å². The lowest BCUT2D eigenvalue weighted by Crippen LogP contribution is -2.58. The Morgan fingerprint density at radius 2 is 1.90 bits per heavy atom. The van der Waals surface area contributed by atoms with Crippen molar-refractivity contribution in [3.05, 3.63) is 59.8 Å². The van der Waals surface area contributed by atoms with Crippen LogP contribution in [0.15, 0.2) is 59.8 Å². The van der Waals surface area contributed by atoms with Crippen LogP contribution in [-0.4, -0.2) is 72.0 Å². The summed E-state index contributed by atoms with van der Waals surface area (Å²) in [6.07, 6.45) is 15.7. The molecule has 8 nitrogen and oxygen atoms in total. The van der Waals surface area contributed by atoms with E-state index in [4.69, 9.17) is 18.9 Å². The molecule has 1 saturated carbocycles. The highest BCUT2D eigenvalue weighted by atomic mass is 16.7. The van der Waals surface area contributed by atoms with Gasteiger partial charge in [0.05, 0.1) is 18.6 Å². The van der Waals surface area contributed by atoms with Crippen LogP contribution < -0.4 is 0 Å². The van der Waals surface area contributed by atoms with Gasteiger partial charge in [0.2, 0.25) is 0 Å². The summed E-state index contributed by atoms with van der Waals surface area (Å²) in [5.74, 6) is 0.0382. The van der Waals surface area contributed by atoms with Gasteiger partial charge in [-0.15, -0.1) is 0 Å². The van der Waals surface area contributed by atoms with Crippen molar-refractivity contribution in [2.45, 2.75) is 109 Å². The fraction of sp³-hybridized carbons (Fsp3) is 0.636. The number of cyclic esters (lactones) is 1. The predicted molar refractivity (Wildman–Crippen MR) is 155 cm³/mol. The first-order valence-corrected chi connectivity index (χ1v) is 15.0. The fourth-order valence-electron chi connectivity index (χ4n) is 6.36. The minimum absolute atomic E-state index is 0.00838. The maximum absolute atomic E-state index is 13.0. The van der Waals surface area contributed by atoms with E-state index >= 15 is 0 Å². The number of hydrogen-bond acceptors (Lipinski definition) is 8. The van der Waals surface area contributed by atoms with E-state index in [-0.39, 0.29) is 48.1 Å². The Kier molecular flexibility index (Phi) is 11.3. The number of methoxy groups -OCH3 is 1. The van der Waals surface area contributed by atoms with Crippen LogP contribution in [0.4, 0.5) is 0 Å². The molecule has 1 unspecified atom stereocenters. The molecule has 0 spiro atoms. The second kappa shape index (κ2) is 14.7. The average Bonchev–Trinajstić information content (AvgIpc) is 3.36. The Morgan fingerprint density at radius 1 is 1.10 bits per heavy atom. The molecule has 0 radical (unpaired) electrons. The summed E-state index contributed by atoms with van der Waals surface area (Å²) in [4.78, 5) is 25.8. The number of ketones is 1. The van der Waals surface area contributed by atoms with Crippen molar-refractivity contribution >= 4 is 11.8 Å². The summed E-state index contributed by atoms with van der Waals surface area (Å²) in [7, 11) is 1.47. The van der Waals surface area contributed by atoms with E-state index in [1.54, 1.807) is 13.0 Å². The largest absolute Gasteiger partial charge is 0.458 e. The molecule has 0 aromatic rings. The first-order valence-electron chi connectivity index (χ1n) is 15.0. The standard InChI is InChI=1S/C33H46O8/c1-5-6-10-24-11-8-7-9-20(2)28(34)16-15-26-22(14-17-29(35)40-24)12-13-23-18-25(19-27(23)26)41-33-32(38-4)31(37)30(36)21(3)39-33/h6,9-10,12-16,21,23-27,30-33,36-37H,5,7-8,11,17-19H2,1-4H3/b10-6+,16-15+,20-9-,22-14?/t21-,23+,24-,25+,26?,27+,30-,31+,32+,33-/m0/s1. The SMILES string of the molecule is CC/C=C/[C@H]1CCC/C=C(/C)C(=O)/C=C/C2C(=CCC(=O)O1)C=C[C@@H]1C[C@@H](O[C@@H]3O[C@@H](C)[C@H](O)[C@@H](O)[C@H]3OC)C[C@@H]21. The summed E-state index contributed by atoms with van der Waals surface area (Å²) in [5, 5.41) is 20.7. The highest BCUT2D eigenvalue weighted by Crippen LogP contribution is 2.47. The van der Waals surface area contributed by atoms with Gasteiger partial charge in [0.25, 0.3) is 0 Å². The smallest absolute Gasteiger partial charge is 0.310 e. The second-order valence-electron chi connectivity index (χ2n) is 11.6. The van der Waals surface area contributed by atoms with Gasteiger partial charge in [-0.05, 0) is 87.5 Å². The predicted octanol–water partition coefficient (Wildman–Crippen LogP) is 4.52. The first kappa shape index (κ1) is 31.6. The average molecular weight is 571 g/mol. The third kappa shape index (κ3) is 7.93. The van der Waals surface area contributed by atoms with E-state index in [2.05, 4.69) is 12.2 Å². The molecule has 0 bridgehead atoms. The number of ether oxygens (including phenoxy) is 4. The van der Waals surface area contributed by atoms with Crippen molar-refractivity contribution in [2.75, 3.05) is 7.11 Å². The van der Waals surface area contributed by atoms with Crippen LogP contribution in [0.3, 0.4) is 0 Å². The van der Waals surface area contributed by atoms with Crippen molar-refractivity contribution in [2.24, 2.45) is 17.8 Å². The molecule has 2 N–H and O–H groups in total. The lowest BCUT2D eigenvalue weighted by atomic mass is 9.74. The number of esters is 1. The Bertz CT molecular complexity index is 1070. The van der Waals surface area contributed by atoms with Crippen LogP contribution in [0.5, 0.6) is 0 Å². The second-order valence-corrected chi connectivity index (χ2v) is 11.6. The number of aliphatic hydroxyl groups is 2. The third-order valence-corrected chi connectivity index (χ3v) is 8.75. The lowest BCUT2D eigenvalue weighted by Gasteiger charge is -2.41. The molecule has 1 saturated heterocycles. The summed E-state index contributed by atoms with van der Waals surface area (Å²) >= 11 is 0. The molecule has 2 aliphatic heterocycles. The van der Waals surface area contributed by atoms with Crippen LogP contribution in [0.25, 0.3) is 0 Å². The molecule has 226 valence electrons. The van der Waals surface area contributed by atoms with Gasteiger partial charge in [-0.3, -0.25) is 9.59 Å². The topological polar surface area (TPSA) is 112 Å². The molecule has 41 heavy (non-hydrogen) atoms. The van der Waals surface area contributed by atoms with Gasteiger partial charge < -0.3 is 29.2 Å². The molecule has 0 amide bonds. The zero-order valence-corrected chi connectivity index (χ0v) is 24.7. The molecule has 8 heteroatoms. The van der Waals surface area contributed by atoms with Crippen molar-refractivity contribution in [1.29, 1.82) is 0 Å². The summed E-state index contributed by atoms with van der Waals surface area (Å²) in [5.41, 5.74) is 1.70. The minimum Gasteiger partial charge on any atom is -0.458 e. The molecule has 4 rings (SSSR count). The highest BCUT2D eigenvalue weighted by molar-refractivity contribution is 6.03. The first-order chi connectivity index (χ1) is 19.7. The molecule has 0 aromatic carbocycles. The van der Waals surface area contributed by atoms with Gasteiger partial charge >= 0.3 is 5.97 Å². The molecule has 10 atom stereocenters. The van der Waals surface area contributed by atoms with Crippen LogP contribution in [-0.2, 0) is 28.5 Å². The molecule has 2 fully saturated rings. The molecule has 4 aliphatic rings. The van der Waals surface area contributed by atoms with Crippen LogP contribution in [0.1, 0.15) is 65.7 Å². The minimum atomic E-state index is -1.11. The highest BCUT2D eigenvalue weighted by Gasteiger charge is 2.47. The fourth-order valence-corrected chi connectivity index (χ4v) is 6.36. The van der Waals surface area contributed by atoms with Gasteiger partial charge in [0, 0.05) is 13.0 Å². The third-order valence-electron chi connectivity index (χ3n) is 8.75. The Morgan fingerprint density at radius 3 is 2.66 bits per heavy atom. The number of hydrogen-bond donors (Lipinski definition) is 2. The molecule has 0 aromatic heterocycles. The lowest BCUT2D eigenvalue weighted by molar-refractivity contribution is -0.308. The number of aliphatic hydroxyl groups excluding tert-OH is 2. The van der Waals surface area contributed by atoms with E-state index in [9.17, 15) is 19.8 Å². The van der Waals surface area contributed by atoms with Gasteiger partial charge in [0.1, 0.15) is 24.4 Å². The number of allylic oxidation sites excluding steroid dienone is 8. The van der Waals surface area contributed by atoms with E-state index in [0.29, 0.717) is 18.4 Å². The monoisotopic (exact) mass is 570 g/mol. The van der Waals surface area contributed by atoms with Crippen LogP contribution >= 0.6 is 0 Å². The Balaban J connectivity index is 1.54. The van der Waals surface area contributed by atoms with Crippen molar-refractivity contribution in [3.8, 4) is 0 Å². The molecular formula is C33H46O8. The van der Waals surface area contributed by atoms with Crippen molar-refractivity contribution in [3.63, 3.8) is 0 Å². The van der Waals surface area contributed by atoms with Crippen molar-refractivity contribution in [1.82, 2.24) is 0 Å². The zero-order valence-electron chi connectivity index (χ0n) is 24.7. The van der Waals surface area contributed by atoms with E-state index in [1.807, 2.05) is 44.2 Å². The van der Waals surface area contributed by atoms with Crippen LogP contribution in [0, 0.1) is 17.8 Å². The summed E-state index contributed by atoms with van der Waals surface area (Å²) in [6.45, 7) is 5.60. The Labute approximate surface area is 243 Å². The Hall–Kier alpha value is -2.36. The van der Waals surface area contributed by atoms with Gasteiger partial charge in [-0.2, -0.15) is 0 Å². The van der Waals surface area contributed by atoms with Crippen LogP contribution in [0.2, 0.25) is 0 Å². The maximum Gasteiger partial charge on any atom is 0.310 e. The van der Waals surface area contributed by atoms with Gasteiger partial charge in [-0.25, -0.2) is 0 Å². The number of carbonyl (C=O) groups excluding carboxylic acids is 2. The quantitative estimate of drug-likeness (QED) is 0.367. The number of fused-ring (bicyclic) bond motifs is 3. The molecule has 2 heterocycles. The number of rotatable bonds is 5. The molecule has 2 aliphatic carbocycles. The zero-order chi connectivity index (χ0) is 29.5. The maximum atomic E-state index is 13.0. The summed E-state index contributed by atoms with van der Waals surface area (Å²) < 4.78 is 23.5. The van der Waals surface area contributed by atoms with E-state index in [0.717, 1.165) is 31.3 Å². The normalized spacial score (nSPS) is 40.9. The number of carbonyl (C=O) groups is 2. The summed E-state index contributed by atoms with van der Waals surface area (Å²) in [6, 6.07) is 0. The van der Waals surface area contributed by atoms with E-state index in [1.165, 1.54) is 7.11 Å². The van der Waals surface area contributed by atoms with Gasteiger partial charge in [0.15, 0.2) is 12.1 Å².